The van der Waals surface area contributed by atoms with Crippen molar-refractivity contribution in [3.63, 3.8) is 0 Å². The Morgan fingerprint density at radius 3 is 2.00 bits per heavy atom. The SMILES string of the molecule is CC(C)c1cccc(C(C)C)c1N1CC(S(=O)(=O)Cl)CC1=O. The van der Waals surface area contributed by atoms with Gasteiger partial charge in [-0.25, -0.2) is 8.42 Å². The molecule has 4 nitrogen and oxygen atoms in total. The quantitative estimate of drug-likeness (QED) is 0.785. The van der Waals surface area contributed by atoms with E-state index in [0.29, 0.717) is 0 Å². The third kappa shape index (κ3) is 3.30. The standard InChI is InChI=1S/C16H22ClNO3S/c1-10(2)13-6-5-7-14(11(3)4)16(13)18-9-12(8-15(18)19)22(17,20)21/h5-7,10-12H,8-9H2,1-4H3. The Kier molecular flexibility index (Phi) is 4.87. The minimum atomic E-state index is -3.73. The van der Waals surface area contributed by atoms with Gasteiger partial charge in [-0.1, -0.05) is 45.9 Å². The maximum Gasteiger partial charge on any atom is 0.237 e. The summed E-state index contributed by atoms with van der Waals surface area (Å²) in [4.78, 5) is 14.0. The van der Waals surface area contributed by atoms with E-state index in [4.69, 9.17) is 10.7 Å². The van der Waals surface area contributed by atoms with Crippen molar-refractivity contribution in [2.75, 3.05) is 11.4 Å². The summed E-state index contributed by atoms with van der Waals surface area (Å²) in [5.41, 5.74) is 2.99. The van der Waals surface area contributed by atoms with E-state index in [1.807, 2.05) is 18.2 Å². The van der Waals surface area contributed by atoms with E-state index < -0.39 is 14.3 Å². The molecule has 0 bridgehead atoms. The van der Waals surface area contributed by atoms with Crippen LogP contribution >= 0.6 is 10.7 Å². The minimum Gasteiger partial charge on any atom is -0.310 e. The molecule has 1 heterocycles. The third-order valence-corrected chi connectivity index (χ3v) is 5.97. The lowest BCUT2D eigenvalue weighted by atomic mass is 9.92. The lowest BCUT2D eigenvalue weighted by molar-refractivity contribution is -0.117. The van der Waals surface area contributed by atoms with Crippen LogP contribution in [0.5, 0.6) is 0 Å². The molecule has 22 heavy (non-hydrogen) atoms. The molecular formula is C16H22ClNO3S. The van der Waals surface area contributed by atoms with E-state index in [1.54, 1.807) is 4.90 Å². The summed E-state index contributed by atoms with van der Waals surface area (Å²) in [7, 11) is 1.72. The summed E-state index contributed by atoms with van der Waals surface area (Å²) < 4.78 is 23.2. The fraction of sp³-hybridized carbons (Fsp3) is 0.562. The highest BCUT2D eigenvalue weighted by Crippen LogP contribution is 2.38. The first-order valence-electron chi connectivity index (χ1n) is 7.49. The van der Waals surface area contributed by atoms with Crippen molar-refractivity contribution in [1.29, 1.82) is 0 Å². The normalized spacial score (nSPS) is 19.5. The summed E-state index contributed by atoms with van der Waals surface area (Å²) >= 11 is 0. The molecule has 1 aliphatic heterocycles. The zero-order chi connectivity index (χ0) is 16.7. The molecule has 0 radical (unpaired) electrons. The van der Waals surface area contributed by atoms with Gasteiger partial charge in [0.05, 0.1) is 5.69 Å². The molecule has 1 saturated heterocycles. The molecule has 0 aromatic heterocycles. The monoisotopic (exact) mass is 343 g/mol. The number of hydrogen-bond donors (Lipinski definition) is 0. The highest BCUT2D eigenvalue weighted by Gasteiger charge is 2.39. The van der Waals surface area contributed by atoms with Gasteiger partial charge in [0.1, 0.15) is 5.25 Å². The number of benzene rings is 1. The van der Waals surface area contributed by atoms with Crippen molar-refractivity contribution < 1.29 is 13.2 Å². The van der Waals surface area contributed by atoms with Gasteiger partial charge >= 0.3 is 0 Å². The van der Waals surface area contributed by atoms with Crippen molar-refractivity contribution in [3.8, 4) is 0 Å². The van der Waals surface area contributed by atoms with Crippen molar-refractivity contribution in [3.05, 3.63) is 29.3 Å². The van der Waals surface area contributed by atoms with Gasteiger partial charge in [0.2, 0.25) is 15.0 Å². The van der Waals surface area contributed by atoms with E-state index in [2.05, 4.69) is 27.7 Å². The fourth-order valence-electron chi connectivity index (χ4n) is 2.90. The van der Waals surface area contributed by atoms with E-state index >= 15 is 0 Å². The summed E-state index contributed by atoms with van der Waals surface area (Å²) in [6, 6.07) is 5.99. The summed E-state index contributed by atoms with van der Waals surface area (Å²) in [5.74, 6) is 0.311. The van der Waals surface area contributed by atoms with Crippen LogP contribution in [0.4, 0.5) is 5.69 Å². The number of nitrogens with zero attached hydrogens (tertiary/aromatic N) is 1. The number of rotatable bonds is 4. The van der Waals surface area contributed by atoms with Crippen LogP contribution in [0.3, 0.4) is 0 Å². The largest absolute Gasteiger partial charge is 0.310 e. The predicted octanol–water partition coefficient (Wildman–Crippen LogP) is 3.61. The molecule has 6 heteroatoms. The van der Waals surface area contributed by atoms with Gasteiger partial charge in [0.15, 0.2) is 0 Å². The first kappa shape index (κ1) is 17.3. The molecule has 1 aliphatic rings. The van der Waals surface area contributed by atoms with E-state index in [0.717, 1.165) is 16.8 Å². The van der Waals surface area contributed by atoms with Gasteiger partial charge in [-0.15, -0.1) is 0 Å². The third-order valence-electron chi connectivity index (χ3n) is 4.10. The van der Waals surface area contributed by atoms with Gasteiger partial charge in [-0.3, -0.25) is 4.79 Å². The van der Waals surface area contributed by atoms with Crippen molar-refractivity contribution in [1.82, 2.24) is 0 Å². The molecule has 0 N–H and O–H groups in total. The highest BCUT2D eigenvalue weighted by molar-refractivity contribution is 8.14. The first-order chi connectivity index (χ1) is 10.1. The van der Waals surface area contributed by atoms with Gasteiger partial charge in [-0.2, -0.15) is 0 Å². The average Bonchev–Trinajstić information content (AvgIpc) is 2.79. The van der Waals surface area contributed by atoms with E-state index in [9.17, 15) is 13.2 Å². The zero-order valence-corrected chi connectivity index (χ0v) is 14.9. The number of amides is 1. The smallest absolute Gasteiger partial charge is 0.237 e. The van der Waals surface area contributed by atoms with Crippen LogP contribution in [-0.2, 0) is 13.8 Å². The van der Waals surface area contributed by atoms with Gasteiger partial charge in [0.25, 0.3) is 0 Å². The first-order valence-corrected chi connectivity index (χ1v) is 9.86. The Hall–Kier alpha value is -1.07. The second kappa shape index (κ2) is 6.20. The Bertz CT molecular complexity index is 656. The maximum atomic E-state index is 12.4. The van der Waals surface area contributed by atoms with Gasteiger partial charge in [0, 0.05) is 23.6 Å². The zero-order valence-electron chi connectivity index (χ0n) is 13.3. The summed E-state index contributed by atoms with van der Waals surface area (Å²) in [6.07, 6.45) is -0.0458. The second-order valence-electron chi connectivity index (χ2n) is 6.40. The minimum absolute atomic E-state index is 0.0458. The molecular weight excluding hydrogens is 322 g/mol. The van der Waals surface area contributed by atoms with E-state index in [1.165, 1.54) is 0 Å². The Labute approximate surface area is 136 Å². The lowest BCUT2D eigenvalue weighted by Crippen LogP contribution is -2.29. The molecule has 1 aromatic carbocycles. The lowest BCUT2D eigenvalue weighted by Gasteiger charge is -2.26. The Morgan fingerprint density at radius 1 is 1.14 bits per heavy atom. The topological polar surface area (TPSA) is 54.5 Å². The number of hydrogen-bond acceptors (Lipinski definition) is 3. The number of para-hydroxylation sites is 1. The maximum absolute atomic E-state index is 12.4. The van der Waals surface area contributed by atoms with Gasteiger partial charge < -0.3 is 4.90 Å². The van der Waals surface area contributed by atoms with Crippen molar-refractivity contribution >= 4 is 31.3 Å². The number of anilines is 1. The Balaban J connectivity index is 2.54. The molecule has 1 fully saturated rings. The van der Waals surface area contributed by atoms with Crippen LogP contribution in [0.1, 0.15) is 57.1 Å². The number of carbonyl (C=O) groups is 1. The number of carbonyl (C=O) groups excluding carboxylic acids is 1. The fourth-order valence-corrected chi connectivity index (χ4v) is 3.93. The molecule has 2 rings (SSSR count). The van der Waals surface area contributed by atoms with Crippen LogP contribution in [-0.4, -0.2) is 26.1 Å². The van der Waals surface area contributed by atoms with Gasteiger partial charge in [-0.05, 0) is 23.0 Å². The van der Waals surface area contributed by atoms with Crippen LogP contribution < -0.4 is 4.90 Å². The molecule has 0 saturated carbocycles. The predicted molar refractivity (Wildman–Crippen MR) is 90.2 cm³/mol. The second-order valence-corrected chi connectivity index (χ2v) is 9.31. The molecule has 0 spiro atoms. The summed E-state index contributed by atoms with van der Waals surface area (Å²) in [6.45, 7) is 8.41. The molecule has 1 unspecified atom stereocenters. The highest BCUT2D eigenvalue weighted by atomic mass is 35.7. The van der Waals surface area contributed by atoms with Crippen molar-refractivity contribution in [2.45, 2.75) is 51.2 Å². The average molecular weight is 344 g/mol. The summed E-state index contributed by atoms with van der Waals surface area (Å²) in [5, 5.41) is -0.832. The van der Waals surface area contributed by atoms with Crippen molar-refractivity contribution in [2.24, 2.45) is 0 Å². The van der Waals surface area contributed by atoms with Crippen LogP contribution in [0.2, 0.25) is 0 Å². The Morgan fingerprint density at radius 2 is 1.64 bits per heavy atom. The van der Waals surface area contributed by atoms with Crippen LogP contribution in [0.25, 0.3) is 0 Å². The molecule has 1 amide bonds. The van der Waals surface area contributed by atoms with Crippen LogP contribution in [0.15, 0.2) is 18.2 Å². The molecule has 1 aromatic rings. The number of halogens is 1. The van der Waals surface area contributed by atoms with Crippen LogP contribution in [0, 0.1) is 0 Å². The van der Waals surface area contributed by atoms with E-state index in [-0.39, 0.29) is 30.7 Å². The molecule has 0 aliphatic carbocycles. The molecule has 1 atom stereocenters. The molecule has 122 valence electrons.